The van der Waals surface area contributed by atoms with Gasteiger partial charge < -0.3 is 10.2 Å². The fraction of sp³-hybridized carbons (Fsp3) is 0.652. The molecule has 0 amide bonds. The largest absolute Gasteiger partial charge is 0.481 e. The van der Waals surface area contributed by atoms with Gasteiger partial charge in [0.25, 0.3) is 0 Å². The number of Topliss-reactive ketones (excluding diaryl/α,β-unsaturated/α-hetero) is 1. The highest BCUT2D eigenvalue weighted by Gasteiger charge is 2.34. The summed E-state index contributed by atoms with van der Waals surface area (Å²) in [6, 6.07) is 8.21. The van der Waals surface area contributed by atoms with Crippen molar-refractivity contribution in [3.63, 3.8) is 0 Å². The summed E-state index contributed by atoms with van der Waals surface area (Å²) in [5.74, 6) is 0.0283. The molecule has 4 heteroatoms. The highest BCUT2D eigenvalue weighted by Crippen LogP contribution is 2.40. The minimum atomic E-state index is -0.732. The van der Waals surface area contributed by atoms with Crippen molar-refractivity contribution in [3.8, 4) is 0 Å². The van der Waals surface area contributed by atoms with Crippen LogP contribution in [0.25, 0.3) is 0 Å². The van der Waals surface area contributed by atoms with E-state index >= 15 is 0 Å². The first kappa shape index (κ1) is 21.6. The van der Waals surface area contributed by atoms with Gasteiger partial charge in [-0.15, -0.1) is 0 Å². The molecular weight excluding hydrogens is 340 g/mol. The van der Waals surface area contributed by atoms with E-state index in [1.54, 1.807) is 0 Å². The third-order valence-electron chi connectivity index (χ3n) is 5.84. The number of unbranched alkanes of at least 4 members (excludes halogenated alkanes) is 4. The lowest BCUT2D eigenvalue weighted by Crippen LogP contribution is -2.13. The number of aliphatic hydroxyl groups is 1. The number of benzene rings is 1. The van der Waals surface area contributed by atoms with Gasteiger partial charge in [0.2, 0.25) is 0 Å². The number of aliphatic carboxylic acids is 1. The van der Waals surface area contributed by atoms with Crippen molar-refractivity contribution in [3.05, 3.63) is 35.4 Å². The molecule has 3 atom stereocenters. The quantitative estimate of drug-likeness (QED) is 0.480. The lowest BCUT2D eigenvalue weighted by molar-refractivity contribution is -0.137. The summed E-state index contributed by atoms with van der Waals surface area (Å²) in [6.45, 7) is 2.12. The lowest BCUT2D eigenvalue weighted by Gasteiger charge is -2.20. The monoisotopic (exact) mass is 374 g/mol. The van der Waals surface area contributed by atoms with Gasteiger partial charge in [-0.05, 0) is 42.7 Å². The van der Waals surface area contributed by atoms with E-state index in [-0.39, 0.29) is 12.3 Å². The fourth-order valence-corrected chi connectivity index (χ4v) is 4.19. The summed E-state index contributed by atoms with van der Waals surface area (Å²) in [5, 5.41) is 18.9. The molecule has 1 aromatic rings. The number of hydrogen-bond acceptors (Lipinski definition) is 3. The summed E-state index contributed by atoms with van der Waals surface area (Å²) >= 11 is 0. The molecule has 1 unspecified atom stereocenters. The van der Waals surface area contributed by atoms with Gasteiger partial charge in [-0.2, -0.15) is 0 Å². The van der Waals surface area contributed by atoms with E-state index in [0.717, 1.165) is 63.4 Å². The van der Waals surface area contributed by atoms with Crippen LogP contribution < -0.4 is 0 Å². The predicted molar refractivity (Wildman–Crippen MR) is 107 cm³/mol. The molecular formula is C23H34O4. The van der Waals surface area contributed by atoms with Gasteiger partial charge in [-0.1, -0.05) is 63.3 Å². The van der Waals surface area contributed by atoms with Crippen molar-refractivity contribution in [2.45, 2.75) is 89.6 Å². The summed E-state index contributed by atoms with van der Waals surface area (Å²) in [4.78, 5) is 22.9. The molecule has 0 bridgehead atoms. The molecule has 1 aliphatic carbocycles. The van der Waals surface area contributed by atoms with Crippen molar-refractivity contribution in [2.24, 2.45) is 5.92 Å². The topological polar surface area (TPSA) is 74.6 Å². The van der Waals surface area contributed by atoms with Crippen LogP contribution in [0.15, 0.2) is 24.3 Å². The van der Waals surface area contributed by atoms with Crippen molar-refractivity contribution in [1.29, 1.82) is 0 Å². The standard InChI is InChI=1S/C23H34O4/c1-2-3-9-21(24)18-13-11-17(12-14-18)19-15-16-22(25)20(19)8-6-4-5-7-10-23(26)27/h11-14,19-21,24H,2-10,15-16H2,1H3,(H,26,27)/t19-,20-,21?/m1/s1. The molecule has 0 spiro atoms. The SMILES string of the molecule is CCCCC(O)c1ccc([C@H]2CCC(=O)[C@@H]2CCCCCCC(=O)O)cc1. The van der Waals surface area contributed by atoms with Crippen LogP contribution in [0.3, 0.4) is 0 Å². The van der Waals surface area contributed by atoms with Crippen LogP contribution in [0.1, 0.15) is 101 Å². The lowest BCUT2D eigenvalue weighted by atomic mass is 9.84. The molecule has 0 aliphatic heterocycles. The Bertz CT molecular complexity index is 593. The van der Waals surface area contributed by atoms with Crippen LogP contribution in [-0.4, -0.2) is 22.0 Å². The Kier molecular flexibility index (Phi) is 8.99. The summed E-state index contributed by atoms with van der Waals surface area (Å²) in [6.07, 6.45) is 8.84. The van der Waals surface area contributed by atoms with Crippen molar-refractivity contribution < 1.29 is 19.8 Å². The molecule has 4 nitrogen and oxygen atoms in total. The highest BCUT2D eigenvalue weighted by molar-refractivity contribution is 5.84. The van der Waals surface area contributed by atoms with Crippen LogP contribution in [-0.2, 0) is 9.59 Å². The van der Waals surface area contributed by atoms with Gasteiger partial charge >= 0.3 is 5.97 Å². The molecule has 2 rings (SSSR count). The van der Waals surface area contributed by atoms with Gasteiger partial charge in [0, 0.05) is 18.8 Å². The maximum atomic E-state index is 12.3. The van der Waals surface area contributed by atoms with Gasteiger partial charge in [0.05, 0.1) is 6.10 Å². The third-order valence-corrected chi connectivity index (χ3v) is 5.84. The van der Waals surface area contributed by atoms with Gasteiger partial charge in [0.1, 0.15) is 5.78 Å². The molecule has 1 fully saturated rings. The molecule has 150 valence electrons. The second-order valence-corrected chi connectivity index (χ2v) is 7.89. The van der Waals surface area contributed by atoms with E-state index in [9.17, 15) is 14.7 Å². The van der Waals surface area contributed by atoms with Crippen molar-refractivity contribution in [2.75, 3.05) is 0 Å². The molecule has 0 heterocycles. The second-order valence-electron chi connectivity index (χ2n) is 7.89. The average molecular weight is 375 g/mol. The Labute approximate surface area is 163 Å². The van der Waals surface area contributed by atoms with E-state index in [2.05, 4.69) is 19.1 Å². The summed E-state index contributed by atoms with van der Waals surface area (Å²) in [7, 11) is 0. The Balaban J connectivity index is 1.86. The summed E-state index contributed by atoms with van der Waals surface area (Å²) in [5.41, 5.74) is 2.18. The highest BCUT2D eigenvalue weighted by atomic mass is 16.4. The average Bonchev–Trinajstić information content (AvgIpc) is 3.03. The molecule has 1 aliphatic rings. The second kappa shape index (κ2) is 11.2. The number of carbonyl (C=O) groups is 2. The van der Waals surface area contributed by atoms with Crippen LogP contribution in [0.2, 0.25) is 0 Å². The molecule has 27 heavy (non-hydrogen) atoms. The molecule has 0 saturated heterocycles. The maximum Gasteiger partial charge on any atom is 0.303 e. The first-order chi connectivity index (χ1) is 13.0. The van der Waals surface area contributed by atoms with E-state index in [1.165, 1.54) is 5.56 Å². The number of carboxylic acid groups (broad SMARTS) is 1. The number of ketones is 1. The number of rotatable bonds is 12. The maximum absolute atomic E-state index is 12.3. The van der Waals surface area contributed by atoms with Crippen LogP contribution in [0, 0.1) is 5.92 Å². The van der Waals surface area contributed by atoms with E-state index in [0.29, 0.717) is 18.1 Å². The first-order valence-corrected chi connectivity index (χ1v) is 10.5. The fourth-order valence-electron chi connectivity index (χ4n) is 4.19. The Morgan fingerprint density at radius 3 is 2.48 bits per heavy atom. The molecule has 1 saturated carbocycles. The number of carboxylic acids is 1. The number of aliphatic hydroxyl groups excluding tert-OH is 1. The normalized spacial score (nSPS) is 20.7. The molecule has 1 aromatic carbocycles. The van der Waals surface area contributed by atoms with Gasteiger partial charge in [-0.3, -0.25) is 9.59 Å². The van der Waals surface area contributed by atoms with Crippen LogP contribution in [0.5, 0.6) is 0 Å². The molecule has 0 radical (unpaired) electrons. The molecule has 2 N–H and O–H groups in total. The van der Waals surface area contributed by atoms with E-state index < -0.39 is 12.1 Å². The zero-order valence-electron chi connectivity index (χ0n) is 16.5. The van der Waals surface area contributed by atoms with E-state index in [1.807, 2.05) is 12.1 Å². The smallest absolute Gasteiger partial charge is 0.303 e. The molecule has 0 aromatic heterocycles. The van der Waals surface area contributed by atoms with E-state index in [4.69, 9.17) is 5.11 Å². The minimum Gasteiger partial charge on any atom is -0.481 e. The van der Waals surface area contributed by atoms with Gasteiger partial charge in [0.15, 0.2) is 0 Å². The van der Waals surface area contributed by atoms with Crippen LogP contribution in [0.4, 0.5) is 0 Å². The predicted octanol–water partition coefficient (Wildman–Crippen LogP) is 5.40. The van der Waals surface area contributed by atoms with Crippen LogP contribution >= 0.6 is 0 Å². The van der Waals surface area contributed by atoms with Crippen molar-refractivity contribution in [1.82, 2.24) is 0 Å². The zero-order chi connectivity index (χ0) is 19.6. The Morgan fingerprint density at radius 1 is 1.11 bits per heavy atom. The Morgan fingerprint density at radius 2 is 1.81 bits per heavy atom. The Hall–Kier alpha value is -1.68. The first-order valence-electron chi connectivity index (χ1n) is 10.5. The van der Waals surface area contributed by atoms with Gasteiger partial charge in [-0.25, -0.2) is 0 Å². The number of carbonyl (C=O) groups excluding carboxylic acids is 1. The summed E-state index contributed by atoms with van der Waals surface area (Å²) < 4.78 is 0. The zero-order valence-corrected chi connectivity index (χ0v) is 16.5. The van der Waals surface area contributed by atoms with Crippen molar-refractivity contribution >= 4 is 11.8 Å². The third kappa shape index (κ3) is 6.76. The minimum absolute atomic E-state index is 0.0975. The number of hydrogen-bond donors (Lipinski definition) is 2.